The SMILES string of the molecule is COCC(NC(=O)c1cnccn1)C(=O)NC(C[C@H]1C[C@@H]1c1ccccc1)B(O)O. The molecule has 1 aromatic carbocycles. The van der Waals surface area contributed by atoms with Crippen LogP contribution in [0.25, 0.3) is 0 Å². The third-order valence-corrected chi connectivity index (χ3v) is 5.15. The molecule has 10 heteroatoms. The summed E-state index contributed by atoms with van der Waals surface area (Å²) in [5.41, 5.74) is 1.27. The molecule has 1 aliphatic rings. The van der Waals surface area contributed by atoms with E-state index < -0.39 is 30.9 Å². The van der Waals surface area contributed by atoms with Crippen LogP contribution in [0.5, 0.6) is 0 Å². The third-order valence-electron chi connectivity index (χ3n) is 5.15. The van der Waals surface area contributed by atoms with E-state index in [9.17, 15) is 19.6 Å². The summed E-state index contributed by atoms with van der Waals surface area (Å²) in [6, 6.07) is 8.97. The highest BCUT2D eigenvalue weighted by atomic mass is 16.5. The highest BCUT2D eigenvalue weighted by Crippen LogP contribution is 2.50. The van der Waals surface area contributed by atoms with Gasteiger partial charge in [0.1, 0.15) is 11.7 Å². The summed E-state index contributed by atoms with van der Waals surface area (Å²) >= 11 is 0. The van der Waals surface area contributed by atoms with Crippen molar-refractivity contribution in [3.05, 3.63) is 60.2 Å². The second-order valence-corrected chi connectivity index (χ2v) is 7.35. The van der Waals surface area contributed by atoms with Crippen LogP contribution in [-0.4, -0.2) is 64.6 Å². The van der Waals surface area contributed by atoms with Gasteiger partial charge in [-0.2, -0.15) is 0 Å². The smallest absolute Gasteiger partial charge is 0.426 e. The van der Waals surface area contributed by atoms with Crippen LogP contribution in [0.3, 0.4) is 0 Å². The van der Waals surface area contributed by atoms with Crippen molar-refractivity contribution in [2.24, 2.45) is 5.92 Å². The molecule has 158 valence electrons. The summed E-state index contributed by atoms with van der Waals surface area (Å²) in [5, 5.41) is 24.7. The largest absolute Gasteiger partial charge is 0.475 e. The Morgan fingerprint density at radius 1 is 1.23 bits per heavy atom. The van der Waals surface area contributed by atoms with Gasteiger partial charge in [0.2, 0.25) is 5.91 Å². The van der Waals surface area contributed by atoms with Gasteiger partial charge >= 0.3 is 7.12 Å². The number of methoxy groups -OCH3 is 1. The molecule has 4 atom stereocenters. The van der Waals surface area contributed by atoms with Crippen molar-refractivity contribution in [1.29, 1.82) is 0 Å². The molecule has 4 N–H and O–H groups in total. The van der Waals surface area contributed by atoms with Crippen molar-refractivity contribution in [3.8, 4) is 0 Å². The fourth-order valence-electron chi connectivity index (χ4n) is 3.48. The fraction of sp³-hybridized carbons (Fsp3) is 0.400. The molecule has 1 aromatic heterocycles. The number of hydrogen-bond donors (Lipinski definition) is 4. The molecule has 0 aliphatic heterocycles. The molecule has 1 fully saturated rings. The molecule has 2 aromatic rings. The van der Waals surface area contributed by atoms with Gasteiger partial charge in [-0.15, -0.1) is 0 Å². The molecule has 0 bridgehead atoms. The van der Waals surface area contributed by atoms with Gasteiger partial charge < -0.3 is 25.4 Å². The first-order chi connectivity index (χ1) is 14.5. The summed E-state index contributed by atoms with van der Waals surface area (Å²) in [6.07, 6.45) is 5.43. The lowest BCUT2D eigenvalue weighted by Gasteiger charge is -2.22. The number of nitrogens with one attached hydrogen (secondary N) is 2. The molecule has 2 unspecified atom stereocenters. The zero-order valence-electron chi connectivity index (χ0n) is 16.6. The molecular weight excluding hydrogens is 387 g/mol. The molecule has 3 rings (SSSR count). The van der Waals surface area contributed by atoms with Crippen molar-refractivity contribution in [3.63, 3.8) is 0 Å². The van der Waals surface area contributed by atoms with Crippen molar-refractivity contribution in [2.45, 2.75) is 30.7 Å². The van der Waals surface area contributed by atoms with Gasteiger partial charge in [0.15, 0.2) is 0 Å². The van der Waals surface area contributed by atoms with E-state index in [2.05, 4.69) is 20.6 Å². The van der Waals surface area contributed by atoms with E-state index in [1.807, 2.05) is 30.3 Å². The minimum absolute atomic E-state index is 0.0637. The predicted molar refractivity (Wildman–Crippen MR) is 109 cm³/mol. The molecule has 0 radical (unpaired) electrons. The number of aromatic nitrogens is 2. The van der Waals surface area contributed by atoms with Gasteiger partial charge in [0.05, 0.1) is 18.7 Å². The van der Waals surface area contributed by atoms with E-state index in [0.717, 1.165) is 6.42 Å². The maximum atomic E-state index is 12.7. The third kappa shape index (κ3) is 5.85. The summed E-state index contributed by atoms with van der Waals surface area (Å²) < 4.78 is 5.04. The predicted octanol–water partition coefficient (Wildman–Crippen LogP) is -0.0880. The van der Waals surface area contributed by atoms with E-state index in [-0.39, 0.29) is 18.2 Å². The monoisotopic (exact) mass is 412 g/mol. The number of ether oxygens (including phenoxy) is 1. The maximum absolute atomic E-state index is 12.7. The Morgan fingerprint density at radius 2 is 2.00 bits per heavy atom. The fourth-order valence-corrected chi connectivity index (χ4v) is 3.48. The number of carbonyl (C=O) groups is 2. The van der Waals surface area contributed by atoms with E-state index in [4.69, 9.17) is 4.74 Å². The van der Waals surface area contributed by atoms with Crippen LogP contribution < -0.4 is 10.6 Å². The topological polar surface area (TPSA) is 134 Å². The maximum Gasteiger partial charge on any atom is 0.475 e. The van der Waals surface area contributed by atoms with Crippen LogP contribution in [0.4, 0.5) is 0 Å². The molecule has 9 nitrogen and oxygen atoms in total. The summed E-state index contributed by atoms with van der Waals surface area (Å²) in [6.45, 7) is -0.0812. The minimum atomic E-state index is -1.72. The number of nitrogens with zero attached hydrogens (tertiary/aromatic N) is 2. The Bertz CT molecular complexity index is 840. The van der Waals surface area contributed by atoms with Crippen LogP contribution in [0.1, 0.15) is 34.8 Å². The lowest BCUT2D eigenvalue weighted by molar-refractivity contribution is -0.124. The number of amides is 2. The quantitative estimate of drug-likeness (QED) is 0.401. The lowest BCUT2D eigenvalue weighted by Crippen LogP contribution is -2.55. The van der Waals surface area contributed by atoms with Crippen LogP contribution >= 0.6 is 0 Å². The van der Waals surface area contributed by atoms with Crippen molar-refractivity contribution >= 4 is 18.9 Å². The van der Waals surface area contributed by atoms with E-state index in [1.54, 1.807) is 0 Å². The molecule has 0 saturated heterocycles. The number of hydrogen-bond acceptors (Lipinski definition) is 7. The zero-order chi connectivity index (χ0) is 21.5. The Morgan fingerprint density at radius 3 is 2.63 bits per heavy atom. The van der Waals surface area contributed by atoms with Crippen LogP contribution in [-0.2, 0) is 9.53 Å². The standard InChI is InChI=1S/C20H25BN4O5/c1-30-12-17(24-19(26)16-11-22-7-8-23-16)20(27)25-18(21(28)29)10-14-9-15(14)13-5-3-2-4-6-13/h2-8,11,14-15,17-18,28-29H,9-10,12H2,1H3,(H,24,26)(H,25,27)/t14-,15-,17?,18?/m1/s1. The van der Waals surface area contributed by atoms with Crippen molar-refractivity contribution in [2.75, 3.05) is 13.7 Å². The van der Waals surface area contributed by atoms with Gasteiger partial charge in [-0.25, -0.2) is 4.98 Å². The molecule has 1 aliphatic carbocycles. The first-order valence-corrected chi connectivity index (χ1v) is 9.77. The second kappa shape index (κ2) is 10.3. The van der Waals surface area contributed by atoms with E-state index >= 15 is 0 Å². The molecule has 30 heavy (non-hydrogen) atoms. The summed E-state index contributed by atoms with van der Waals surface area (Å²) in [4.78, 5) is 32.7. The first-order valence-electron chi connectivity index (χ1n) is 9.77. The Kier molecular flexibility index (Phi) is 7.50. The zero-order valence-corrected chi connectivity index (χ0v) is 16.6. The van der Waals surface area contributed by atoms with Gasteiger partial charge in [-0.1, -0.05) is 30.3 Å². The van der Waals surface area contributed by atoms with Crippen LogP contribution in [0, 0.1) is 5.92 Å². The Labute approximate surface area is 175 Å². The number of benzene rings is 1. The van der Waals surface area contributed by atoms with Crippen molar-refractivity contribution in [1.82, 2.24) is 20.6 Å². The van der Waals surface area contributed by atoms with Gasteiger partial charge in [0.25, 0.3) is 5.91 Å². The first kappa shape index (κ1) is 21.9. The highest BCUT2D eigenvalue weighted by Gasteiger charge is 2.42. The van der Waals surface area contributed by atoms with Gasteiger partial charge in [0, 0.05) is 19.5 Å². The van der Waals surface area contributed by atoms with E-state index in [1.165, 1.54) is 31.3 Å². The normalized spacial score (nSPS) is 19.4. The Balaban J connectivity index is 1.59. The van der Waals surface area contributed by atoms with Gasteiger partial charge in [-0.3, -0.25) is 14.6 Å². The lowest BCUT2D eigenvalue weighted by atomic mass is 9.76. The van der Waals surface area contributed by atoms with Crippen molar-refractivity contribution < 1.29 is 24.4 Å². The average Bonchev–Trinajstić information content (AvgIpc) is 3.53. The van der Waals surface area contributed by atoms with E-state index in [0.29, 0.717) is 12.3 Å². The molecule has 0 spiro atoms. The van der Waals surface area contributed by atoms with Crippen LogP contribution in [0.2, 0.25) is 0 Å². The molecule has 2 amide bonds. The molecule has 1 saturated carbocycles. The number of rotatable bonds is 10. The van der Waals surface area contributed by atoms with Gasteiger partial charge in [-0.05, 0) is 30.2 Å². The van der Waals surface area contributed by atoms with Crippen LogP contribution in [0.15, 0.2) is 48.9 Å². The highest BCUT2D eigenvalue weighted by molar-refractivity contribution is 6.43. The second-order valence-electron chi connectivity index (χ2n) is 7.35. The number of carbonyl (C=O) groups excluding carboxylic acids is 2. The summed E-state index contributed by atoms with van der Waals surface area (Å²) in [7, 11) is -0.313. The average molecular weight is 412 g/mol. The Hall–Kier alpha value is -2.82. The molecule has 1 heterocycles. The minimum Gasteiger partial charge on any atom is -0.426 e. The molecular formula is C20H25BN4O5. The summed E-state index contributed by atoms with van der Waals surface area (Å²) in [5.74, 6) is -1.41.